The summed E-state index contributed by atoms with van der Waals surface area (Å²) in [6, 6.07) is 2.20. The second-order valence-electron chi connectivity index (χ2n) is 8.27. The van der Waals surface area contributed by atoms with Crippen LogP contribution in [0.2, 0.25) is 0 Å². The molecule has 0 aromatic heterocycles. The quantitative estimate of drug-likeness (QED) is 0.162. The SMILES string of the molecule is CCC(C)C(NC(=O)C(CCSC)NC(=O)C(CS)NC(=O)C(N)Cc1ccc(O)cc1)C(=O)O. The molecule has 0 aliphatic carbocycles. The molecule has 0 bridgehead atoms. The van der Waals surface area contributed by atoms with E-state index in [0.717, 1.165) is 5.56 Å². The molecule has 12 heteroatoms. The maximum absolute atomic E-state index is 12.9. The van der Waals surface area contributed by atoms with Crippen LogP contribution in [0.15, 0.2) is 24.3 Å². The number of rotatable bonds is 15. The molecule has 0 saturated carbocycles. The molecule has 3 amide bonds. The molecule has 0 aliphatic heterocycles. The van der Waals surface area contributed by atoms with Crippen LogP contribution in [-0.2, 0) is 25.6 Å². The number of carboxylic acids is 1. The smallest absolute Gasteiger partial charge is 0.326 e. The molecule has 1 aromatic carbocycles. The molecule has 0 radical (unpaired) electrons. The van der Waals surface area contributed by atoms with Gasteiger partial charge >= 0.3 is 5.97 Å². The number of carboxylic acid groups (broad SMARTS) is 1. The lowest BCUT2D eigenvalue weighted by atomic mass is 9.98. The van der Waals surface area contributed by atoms with Gasteiger partial charge in [-0.1, -0.05) is 32.4 Å². The average molecular weight is 529 g/mol. The number of amides is 3. The standard InChI is InChI=1S/C23H36N4O6S2/c1-4-13(2)19(23(32)33)27-21(30)17(9-10-35-3)25-22(31)18(12-34)26-20(29)16(24)11-14-5-7-15(28)8-6-14/h5-8,13,16-19,28,34H,4,9-12,24H2,1-3H3,(H,25,31)(H,26,29)(H,27,30)(H,32,33). The van der Waals surface area contributed by atoms with E-state index in [1.54, 1.807) is 19.1 Å². The van der Waals surface area contributed by atoms with Crippen molar-refractivity contribution in [3.05, 3.63) is 29.8 Å². The number of thiol groups is 1. The molecule has 1 aromatic rings. The predicted octanol–water partition coefficient (Wildman–Crippen LogP) is 0.530. The van der Waals surface area contributed by atoms with Gasteiger partial charge in [-0.3, -0.25) is 14.4 Å². The highest BCUT2D eigenvalue weighted by atomic mass is 32.2. The predicted molar refractivity (Wildman–Crippen MR) is 140 cm³/mol. The Balaban J connectivity index is 2.83. The number of benzene rings is 1. The molecule has 35 heavy (non-hydrogen) atoms. The minimum absolute atomic E-state index is 0.0367. The summed E-state index contributed by atoms with van der Waals surface area (Å²) in [7, 11) is 0. The van der Waals surface area contributed by atoms with Gasteiger partial charge in [0.1, 0.15) is 23.9 Å². The Bertz CT molecular complexity index is 855. The summed E-state index contributed by atoms with van der Waals surface area (Å²) in [5, 5.41) is 26.5. The van der Waals surface area contributed by atoms with E-state index in [2.05, 4.69) is 28.6 Å². The lowest BCUT2D eigenvalue weighted by molar-refractivity contribution is -0.143. The van der Waals surface area contributed by atoms with Gasteiger partial charge in [-0.2, -0.15) is 24.4 Å². The number of carbonyl (C=O) groups is 4. The molecule has 0 fully saturated rings. The van der Waals surface area contributed by atoms with Crippen LogP contribution in [0.25, 0.3) is 0 Å². The summed E-state index contributed by atoms with van der Waals surface area (Å²) < 4.78 is 0. The van der Waals surface area contributed by atoms with Crippen LogP contribution in [0, 0.1) is 5.92 Å². The fraction of sp³-hybridized carbons (Fsp3) is 0.565. The normalized spacial score (nSPS) is 15.2. The maximum Gasteiger partial charge on any atom is 0.326 e. The number of hydrogen-bond acceptors (Lipinski definition) is 8. The van der Waals surface area contributed by atoms with Crippen molar-refractivity contribution in [2.24, 2.45) is 11.7 Å². The molecule has 1 rings (SSSR count). The fourth-order valence-electron chi connectivity index (χ4n) is 3.17. The number of phenolic OH excluding ortho intramolecular Hbond substituents is 1. The number of aliphatic carboxylic acids is 1. The Labute approximate surface area is 215 Å². The van der Waals surface area contributed by atoms with Crippen LogP contribution in [0.1, 0.15) is 32.3 Å². The van der Waals surface area contributed by atoms with Gasteiger partial charge in [0.15, 0.2) is 0 Å². The van der Waals surface area contributed by atoms with Crippen LogP contribution in [0.3, 0.4) is 0 Å². The number of phenols is 1. The molecular weight excluding hydrogens is 492 g/mol. The van der Waals surface area contributed by atoms with Gasteiger partial charge in [0.2, 0.25) is 17.7 Å². The van der Waals surface area contributed by atoms with E-state index < -0.39 is 47.9 Å². The Hall–Kier alpha value is -2.44. The summed E-state index contributed by atoms with van der Waals surface area (Å²) in [6.07, 6.45) is 2.87. The highest BCUT2D eigenvalue weighted by Crippen LogP contribution is 2.12. The number of hydrogen-bond donors (Lipinski definition) is 7. The molecule has 10 nitrogen and oxygen atoms in total. The zero-order valence-electron chi connectivity index (χ0n) is 20.2. The van der Waals surface area contributed by atoms with Crippen LogP contribution < -0.4 is 21.7 Å². The van der Waals surface area contributed by atoms with Gasteiger partial charge in [0.05, 0.1) is 6.04 Å². The molecule has 0 spiro atoms. The summed E-state index contributed by atoms with van der Waals surface area (Å²) in [5.41, 5.74) is 6.71. The Kier molecular flexibility index (Phi) is 13.6. The summed E-state index contributed by atoms with van der Waals surface area (Å²) in [5.74, 6) is -2.63. The van der Waals surface area contributed by atoms with Crippen molar-refractivity contribution in [1.82, 2.24) is 16.0 Å². The van der Waals surface area contributed by atoms with Crippen molar-refractivity contribution < 1.29 is 29.4 Å². The van der Waals surface area contributed by atoms with Crippen molar-refractivity contribution in [1.29, 1.82) is 0 Å². The molecule has 0 saturated heterocycles. The number of thioether (sulfide) groups is 1. The number of nitrogens with one attached hydrogen (secondary N) is 3. The third kappa shape index (κ3) is 10.4. The highest BCUT2D eigenvalue weighted by Gasteiger charge is 2.31. The first-order valence-corrected chi connectivity index (χ1v) is 13.3. The Morgan fingerprint density at radius 3 is 2.11 bits per heavy atom. The highest BCUT2D eigenvalue weighted by molar-refractivity contribution is 7.98. The van der Waals surface area contributed by atoms with Gasteiger partial charge in [-0.05, 0) is 48.5 Å². The first-order chi connectivity index (χ1) is 16.5. The minimum atomic E-state index is -1.15. The van der Waals surface area contributed by atoms with E-state index >= 15 is 0 Å². The Morgan fingerprint density at radius 1 is 1.03 bits per heavy atom. The van der Waals surface area contributed by atoms with Gasteiger partial charge in [-0.15, -0.1) is 0 Å². The molecule has 0 heterocycles. The zero-order chi connectivity index (χ0) is 26.5. The number of nitrogens with two attached hydrogens (primary N) is 1. The molecule has 196 valence electrons. The van der Waals surface area contributed by atoms with Crippen molar-refractivity contribution in [2.75, 3.05) is 17.8 Å². The van der Waals surface area contributed by atoms with Crippen LogP contribution in [0.5, 0.6) is 5.75 Å². The topological polar surface area (TPSA) is 171 Å². The monoisotopic (exact) mass is 528 g/mol. The zero-order valence-corrected chi connectivity index (χ0v) is 21.9. The van der Waals surface area contributed by atoms with E-state index in [4.69, 9.17) is 5.73 Å². The first kappa shape index (κ1) is 30.6. The molecule has 5 atom stereocenters. The molecule has 5 unspecified atom stereocenters. The van der Waals surface area contributed by atoms with Crippen molar-refractivity contribution in [2.45, 2.75) is 57.3 Å². The largest absolute Gasteiger partial charge is 0.508 e. The Morgan fingerprint density at radius 2 is 1.60 bits per heavy atom. The third-order valence-corrected chi connectivity index (χ3v) is 6.57. The van der Waals surface area contributed by atoms with Gasteiger partial charge in [-0.25, -0.2) is 4.79 Å². The second-order valence-corrected chi connectivity index (χ2v) is 9.62. The van der Waals surface area contributed by atoms with Crippen molar-refractivity contribution in [3.8, 4) is 5.75 Å². The van der Waals surface area contributed by atoms with Crippen molar-refractivity contribution in [3.63, 3.8) is 0 Å². The van der Waals surface area contributed by atoms with E-state index in [1.165, 1.54) is 23.9 Å². The number of aromatic hydroxyl groups is 1. The minimum Gasteiger partial charge on any atom is -0.508 e. The van der Waals surface area contributed by atoms with E-state index in [1.807, 2.05) is 13.2 Å². The molecule has 0 aliphatic rings. The van der Waals surface area contributed by atoms with Gasteiger partial charge in [0.25, 0.3) is 0 Å². The third-order valence-electron chi connectivity index (χ3n) is 5.56. The van der Waals surface area contributed by atoms with E-state index in [0.29, 0.717) is 12.2 Å². The lowest BCUT2D eigenvalue weighted by Crippen LogP contribution is -2.58. The summed E-state index contributed by atoms with van der Waals surface area (Å²) >= 11 is 5.62. The average Bonchev–Trinajstić information content (AvgIpc) is 2.83. The van der Waals surface area contributed by atoms with E-state index in [-0.39, 0.29) is 30.3 Å². The van der Waals surface area contributed by atoms with Crippen LogP contribution in [-0.4, -0.2) is 75.8 Å². The molecular formula is C23H36N4O6S2. The second kappa shape index (κ2) is 15.5. The van der Waals surface area contributed by atoms with Crippen molar-refractivity contribution >= 4 is 48.1 Å². The fourth-order valence-corrected chi connectivity index (χ4v) is 3.89. The maximum atomic E-state index is 12.9. The summed E-state index contributed by atoms with van der Waals surface area (Å²) in [6.45, 7) is 3.55. The number of carbonyl (C=O) groups excluding carboxylic acids is 3. The molecule has 7 N–H and O–H groups in total. The van der Waals surface area contributed by atoms with E-state index in [9.17, 15) is 29.4 Å². The summed E-state index contributed by atoms with van der Waals surface area (Å²) in [4.78, 5) is 49.9. The lowest BCUT2D eigenvalue weighted by Gasteiger charge is -2.26. The van der Waals surface area contributed by atoms with Gasteiger partial charge in [0, 0.05) is 5.75 Å². The van der Waals surface area contributed by atoms with Crippen LogP contribution in [0.4, 0.5) is 0 Å². The first-order valence-electron chi connectivity index (χ1n) is 11.3. The van der Waals surface area contributed by atoms with Crippen LogP contribution >= 0.6 is 24.4 Å². The van der Waals surface area contributed by atoms with Gasteiger partial charge < -0.3 is 31.9 Å².